The van der Waals surface area contributed by atoms with Crippen molar-refractivity contribution in [3.63, 3.8) is 0 Å². The third kappa shape index (κ3) is 2.80. The third-order valence-corrected chi connectivity index (χ3v) is 4.61. The molecule has 3 aromatic rings. The third-order valence-electron chi connectivity index (χ3n) is 4.61. The van der Waals surface area contributed by atoms with Crippen LogP contribution in [0.25, 0.3) is 10.9 Å². The quantitative estimate of drug-likeness (QED) is 0.779. The van der Waals surface area contributed by atoms with Gasteiger partial charge in [-0.05, 0) is 38.0 Å². The first-order valence-electron chi connectivity index (χ1n) is 8.39. The first-order valence-corrected chi connectivity index (χ1v) is 8.39. The van der Waals surface area contributed by atoms with E-state index in [2.05, 4.69) is 15.0 Å². The molecule has 25 heavy (non-hydrogen) atoms. The Kier molecular flexibility index (Phi) is 3.80. The summed E-state index contributed by atoms with van der Waals surface area (Å²) in [4.78, 5) is 28.1. The van der Waals surface area contributed by atoms with Crippen LogP contribution in [-0.2, 0) is 0 Å². The summed E-state index contributed by atoms with van der Waals surface area (Å²) in [5.74, 6) is 1.08. The van der Waals surface area contributed by atoms with Crippen molar-refractivity contribution in [3.8, 4) is 0 Å². The lowest BCUT2D eigenvalue weighted by atomic mass is 10.1. The molecule has 126 valence electrons. The van der Waals surface area contributed by atoms with Crippen LogP contribution >= 0.6 is 0 Å². The number of nitrogens with two attached hydrogens (primary N) is 1. The van der Waals surface area contributed by atoms with E-state index in [0.717, 1.165) is 29.4 Å². The minimum Gasteiger partial charge on any atom is -0.384 e. The Morgan fingerprint density at radius 3 is 2.96 bits per heavy atom. The molecule has 0 unspecified atom stereocenters. The van der Waals surface area contributed by atoms with Crippen LogP contribution in [0.3, 0.4) is 0 Å². The van der Waals surface area contributed by atoms with Crippen molar-refractivity contribution in [3.05, 3.63) is 59.7 Å². The number of carbonyl (C=O) groups is 1. The molecule has 1 amide bonds. The fraction of sp³-hybridized carbons (Fsp3) is 0.263. The van der Waals surface area contributed by atoms with Gasteiger partial charge in [0.1, 0.15) is 11.6 Å². The second-order valence-corrected chi connectivity index (χ2v) is 6.30. The van der Waals surface area contributed by atoms with E-state index in [1.807, 2.05) is 42.2 Å². The van der Waals surface area contributed by atoms with Gasteiger partial charge in [0.25, 0.3) is 5.91 Å². The lowest BCUT2D eigenvalue weighted by Gasteiger charge is -2.25. The van der Waals surface area contributed by atoms with Gasteiger partial charge in [0.2, 0.25) is 0 Å². The maximum Gasteiger partial charge on any atom is 0.255 e. The van der Waals surface area contributed by atoms with Gasteiger partial charge in [-0.3, -0.25) is 9.78 Å². The van der Waals surface area contributed by atoms with Crippen LogP contribution in [-0.4, -0.2) is 32.3 Å². The fourth-order valence-corrected chi connectivity index (χ4v) is 3.55. The number of fused-ring (bicyclic) bond motifs is 1. The predicted octanol–water partition coefficient (Wildman–Crippen LogP) is 2.89. The molecule has 0 bridgehead atoms. The molecule has 2 N–H and O–H groups in total. The minimum absolute atomic E-state index is 0.0101. The Bertz CT molecular complexity index is 930. The molecule has 6 nitrogen and oxygen atoms in total. The number of benzene rings is 1. The van der Waals surface area contributed by atoms with E-state index in [1.54, 1.807) is 12.3 Å². The van der Waals surface area contributed by atoms with Crippen LogP contribution in [0.1, 0.15) is 40.8 Å². The van der Waals surface area contributed by atoms with E-state index >= 15 is 0 Å². The molecule has 3 heterocycles. The molecule has 6 heteroatoms. The number of aromatic nitrogens is 3. The summed E-state index contributed by atoms with van der Waals surface area (Å²) in [5.41, 5.74) is 8.19. The van der Waals surface area contributed by atoms with Gasteiger partial charge >= 0.3 is 0 Å². The summed E-state index contributed by atoms with van der Waals surface area (Å²) in [6, 6.07) is 11.2. The van der Waals surface area contributed by atoms with Crippen molar-refractivity contribution < 1.29 is 4.79 Å². The Morgan fingerprint density at radius 1 is 1.24 bits per heavy atom. The van der Waals surface area contributed by atoms with Crippen molar-refractivity contribution in [1.82, 2.24) is 19.9 Å². The molecule has 4 rings (SSSR count). The number of pyridine rings is 1. The summed E-state index contributed by atoms with van der Waals surface area (Å²) in [6.45, 7) is 2.53. The van der Waals surface area contributed by atoms with E-state index in [9.17, 15) is 4.79 Å². The lowest BCUT2D eigenvalue weighted by molar-refractivity contribution is 0.0734. The van der Waals surface area contributed by atoms with Crippen molar-refractivity contribution in [1.29, 1.82) is 0 Å². The van der Waals surface area contributed by atoms with Gasteiger partial charge in [0.05, 0.1) is 17.3 Å². The van der Waals surface area contributed by atoms with E-state index in [0.29, 0.717) is 23.8 Å². The second-order valence-electron chi connectivity index (χ2n) is 6.30. The monoisotopic (exact) mass is 333 g/mol. The zero-order chi connectivity index (χ0) is 17.4. The summed E-state index contributed by atoms with van der Waals surface area (Å²) in [6.07, 6.45) is 3.56. The predicted molar refractivity (Wildman–Crippen MR) is 95.9 cm³/mol. The molecule has 0 spiro atoms. The number of anilines is 1. The van der Waals surface area contributed by atoms with Crippen molar-refractivity contribution >= 4 is 22.6 Å². The molecule has 1 fully saturated rings. The van der Waals surface area contributed by atoms with Gasteiger partial charge in [0, 0.05) is 29.8 Å². The average Bonchev–Trinajstić information content (AvgIpc) is 3.09. The molecule has 1 atom stereocenters. The van der Waals surface area contributed by atoms with Crippen LogP contribution in [0.2, 0.25) is 0 Å². The molecule has 2 aromatic heterocycles. The number of nitrogens with zero attached hydrogens (tertiary/aromatic N) is 4. The smallest absolute Gasteiger partial charge is 0.255 e. The molecule has 1 saturated heterocycles. The summed E-state index contributed by atoms with van der Waals surface area (Å²) >= 11 is 0. The summed E-state index contributed by atoms with van der Waals surface area (Å²) in [5, 5.41) is 0.874. The first-order chi connectivity index (χ1) is 12.1. The van der Waals surface area contributed by atoms with E-state index in [4.69, 9.17) is 5.73 Å². The lowest BCUT2D eigenvalue weighted by Crippen LogP contribution is -2.31. The zero-order valence-electron chi connectivity index (χ0n) is 14.0. The number of aryl methyl sites for hydroxylation is 1. The van der Waals surface area contributed by atoms with Crippen molar-refractivity contribution in [2.75, 3.05) is 12.3 Å². The second kappa shape index (κ2) is 6.12. The maximum atomic E-state index is 13.2. The SMILES string of the molecule is Cc1nc(N)cc([C@@H]2CCCN2C(=O)c2cccc3ncccc23)n1. The van der Waals surface area contributed by atoms with Crippen molar-refractivity contribution in [2.45, 2.75) is 25.8 Å². The first kappa shape index (κ1) is 15.5. The Balaban J connectivity index is 1.73. The molecule has 0 aliphatic carbocycles. The van der Waals surface area contributed by atoms with E-state index < -0.39 is 0 Å². The van der Waals surface area contributed by atoms with Gasteiger partial charge in [0.15, 0.2) is 0 Å². The van der Waals surface area contributed by atoms with Crippen LogP contribution < -0.4 is 5.73 Å². The number of likely N-dealkylation sites (tertiary alicyclic amines) is 1. The highest BCUT2D eigenvalue weighted by Crippen LogP contribution is 2.33. The van der Waals surface area contributed by atoms with Gasteiger partial charge in [-0.1, -0.05) is 12.1 Å². The van der Waals surface area contributed by atoms with Gasteiger partial charge in [-0.15, -0.1) is 0 Å². The topological polar surface area (TPSA) is 85.0 Å². The van der Waals surface area contributed by atoms with Crippen LogP contribution in [0.5, 0.6) is 0 Å². The molecule has 0 radical (unpaired) electrons. The zero-order valence-corrected chi connectivity index (χ0v) is 14.0. The van der Waals surface area contributed by atoms with Crippen LogP contribution in [0.15, 0.2) is 42.6 Å². The number of hydrogen-bond donors (Lipinski definition) is 1. The Morgan fingerprint density at radius 2 is 2.12 bits per heavy atom. The molecular weight excluding hydrogens is 314 g/mol. The van der Waals surface area contributed by atoms with Crippen molar-refractivity contribution in [2.24, 2.45) is 0 Å². The molecule has 0 saturated carbocycles. The molecular formula is C19H19N5O. The standard InChI is InChI=1S/C19H19N5O/c1-12-22-16(11-18(20)23-12)17-8-4-10-24(17)19(25)14-5-2-7-15-13(14)6-3-9-21-15/h2-3,5-7,9,11,17H,4,8,10H2,1H3,(H2,20,22,23)/t17-/m0/s1. The van der Waals surface area contributed by atoms with Crippen LogP contribution in [0.4, 0.5) is 5.82 Å². The minimum atomic E-state index is -0.0663. The van der Waals surface area contributed by atoms with Gasteiger partial charge in [-0.25, -0.2) is 9.97 Å². The fourth-order valence-electron chi connectivity index (χ4n) is 3.55. The number of nitrogen functional groups attached to an aromatic ring is 1. The normalized spacial score (nSPS) is 17.2. The highest BCUT2D eigenvalue weighted by atomic mass is 16.2. The average molecular weight is 333 g/mol. The highest BCUT2D eigenvalue weighted by molar-refractivity contribution is 6.06. The van der Waals surface area contributed by atoms with E-state index in [-0.39, 0.29) is 11.9 Å². The largest absolute Gasteiger partial charge is 0.384 e. The Hall–Kier alpha value is -3.02. The number of rotatable bonds is 2. The molecule has 1 aromatic carbocycles. The van der Waals surface area contributed by atoms with Crippen LogP contribution in [0, 0.1) is 6.92 Å². The molecule has 1 aliphatic heterocycles. The summed E-state index contributed by atoms with van der Waals surface area (Å²) < 4.78 is 0. The summed E-state index contributed by atoms with van der Waals surface area (Å²) in [7, 11) is 0. The van der Waals surface area contributed by atoms with Gasteiger partial charge < -0.3 is 10.6 Å². The number of hydrogen-bond acceptors (Lipinski definition) is 5. The maximum absolute atomic E-state index is 13.2. The van der Waals surface area contributed by atoms with E-state index in [1.165, 1.54) is 0 Å². The molecule has 1 aliphatic rings. The number of amides is 1. The van der Waals surface area contributed by atoms with Gasteiger partial charge in [-0.2, -0.15) is 0 Å². The highest BCUT2D eigenvalue weighted by Gasteiger charge is 2.32. The number of carbonyl (C=O) groups excluding carboxylic acids is 1. The Labute approximate surface area is 145 Å².